The molecule has 1 aliphatic carbocycles. The highest BCUT2D eigenvalue weighted by atomic mass is 16.6. The molecule has 17 heavy (non-hydrogen) atoms. The second-order valence-electron chi connectivity index (χ2n) is 5.35. The molecule has 1 rings (SSSR count). The summed E-state index contributed by atoms with van der Waals surface area (Å²) in [5.41, 5.74) is 0.722. The largest absolute Gasteiger partial charge is 0.444 e. The molecule has 0 atom stereocenters. The summed E-state index contributed by atoms with van der Waals surface area (Å²) in [6.45, 7) is 5.55. The first kappa shape index (κ1) is 13.6. The van der Waals surface area contributed by atoms with E-state index in [1.165, 1.54) is 5.57 Å². The third kappa shape index (κ3) is 5.39. The van der Waals surface area contributed by atoms with Crippen LogP contribution in [0.3, 0.4) is 0 Å². The van der Waals surface area contributed by atoms with Gasteiger partial charge in [-0.15, -0.1) is 0 Å². The highest BCUT2D eigenvalue weighted by Gasteiger charge is 2.21. The Morgan fingerprint density at radius 2 is 2.06 bits per heavy atom. The predicted octanol–water partition coefficient (Wildman–Crippen LogP) is 2.90. The van der Waals surface area contributed by atoms with Gasteiger partial charge in [-0.25, -0.2) is 4.79 Å². The van der Waals surface area contributed by atoms with Gasteiger partial charge in [0.2, 0.25) is 0 Å². The minimum atomic E-state index is -0.454. The van der Waals surface area contributed by atoms with Gasteiger partial charge in [-0.3, -0.25) is 0 Å². The fraction of sp³-hybridized carbons (Fsp3) is 0.692. The van der Waals surface area contributed by atoms with E-state index < -0.39 is 5.60 Å². The number of nitriles is 1. The summed E-state index contributed by atoms with van der Waals surface area (Å²) in [5.74, 6) is 0. The van der Waals surface area contributed by atoms with Crippen molar-refractivity contribution in [2.75, 3.05) is 0 Å². The van der Waals surface area contributed by atoms with Crippen LogP contribution in [0.25, 0.3) is 0 Å². The van der Waals surface area contributed by atoms with Crippen LogP contribution in [0.2, 0.25) is 0 Å². The van der Waals surface area contributed by atoms with Crippen molar-refractivity contribution in [2.45, 2.75) is 58.1 Å². The van der Waals surface area contributed by atoms with Crippen LogP contribution in [-0.4, -0.2) is 17.7 Å². The van der Waals surface area contributed by atoms with Crippen molar-refractivity contribution in [3.05, 3.63) is 11.6 Å². The molecule has 0 saturated heterocycles. The molecule has 1 amide bonds. The van der Waals surface area contributed by atoms with Crippen molar-refractivity contribution >= 4 is 6.09 Å². The van der Waals surface area contributed by atoms with E-state index in [-0.39, 0.29) is 12.1 Å². The smallest absolute Gasteiger partial charge is 0.407 e. The van der Waals surface area contributed by atoms with Gasteiger partial charge in [-0.1, -0.05) is 5.57 Å². The first-order chi connectivity index (χ1) is 7.90. The van der Waals surface area contributed by atoms with Gasteiger partial charge in [0, 0.05) is 12.1 Å². The number of alkyl carbamates (subject to hydrolysis) is 1. The maximum atomic E-state index is 11.5. The van der Waals surface area contributed by atoms with E-state index in [9.17, 15) is 4.79 Å². The third-order valence-electron chi connectivity index (χ3n) is 2.62. The van der Waals surface area contributed by atoms with Crippen molar-refractivity contribution in [1.29, 1.82) is 5.26 Å². The van der Waals surface area contributed by atoms with Crippen molar-refractivity contribution in [3.8, 4) is 6.07 Å². The Labute approximate surface area is 103 Å². The molecule has 0 aromatic carbocycles. The quantitative estimate of drug-likeness (QED) is 0.712. The fourth-order valence-corrected chi connectivity index (χ4v) is 1.84. The van der Waals surface area contributed by atoms with Crippen molar-refractivity contribution < 1.29 is 9.53 Å². The van der Waals surface area contributed by atoms with Gasteiger partial charge in [0.05, 0.1) is 6.07 Å². The van der Waals surface area contributed by atoms with Gasteiger partial charge >= 0.3 is 6.09 Å². The number of carbonyl (C=O) groups excluding carboxylic acids is 1. The second-order valence-corrected chi connectivity index (χ2v) is 5.35. The van der Waals surface area contributed by atoms with Crippen molar-refractivity contribution in [2.24, 2.45) is 0 Å². The highest BCUT2D eigenvalue weighted by molar-refractivity contribution is 5.68. The summed E-state index contributed by atoms with van der Waals surface area (Å²) in [7, 11) is 0. The Morgan fingerprint density at radius 3 is 2.53 bits per heavy atom. The van der Waals surface area contributed by atoms with Crippen molar-refractivity contribution in [1.82, 2.24) is 5.32 Å². The van der Waals surface area contributed by atoms with Gasteiger partial charge < -0.3 is 10.1 Å². The molecule has 1 N–H and O–H groups in total. The lowest BCUT2D eigenvalue weighted by atomic mass is 9.91. The SMILES string of the molecule is CC(C)(C)OC(=O)NC1CCC(=CC#N)CC1. The van der Waals surface area contributed by atoms with E-state index >= 15 is 0 Å². The van der Waals surface area contributed by atoms with Gasteiger partial charge in [0.15, 0.2) is 0 Å². The van der Waals surface area contributed by atoms with Gasteiger partial charge in [0.25, 0.3) is 0 Å². The molecular formula is C13H20N2O2. The average Bonchev–Trinajstić information content (AvgIpc) is 2.18. The lowest BCUT2D eigenvalue weighted by Crippen LogP contribution is -2.40. The van der Waals surface area contributed by atoms with E-state index in [4.69, 9.17) is 10.00 Å². The Balaban J connectivity index is 2.34. The molecule has 0 aliphatic heterocycles. The highest BCUT2D eigenvalue weighted by Crippen LogP contribution is 2.23. The van der Waals surface area contributed by atoms with Crippen LogP contribution in [0.15, 0.2) is 11.6 Å². The molecule has 0 unspecified atom stereocenters. The summed E-state index contributed by atoms with van der Waals surface area (Å²) in [5, 5.41) is 11.4. The normalized spacial score (nSPS) is 20.4. The van der Waals surface area contributed by atoms with Crippen LogP contribution in [-0.2, 0) is 4.74 Å². The van der Waals surface area contributed by atoms with Crippen LogP contribution in [0.1, 0.15) is 46.5 Å². The zero-order chi connectivity index (χ0) is 12.9. The van der Waals surface area contributed by atoms with Crippen molar-refractivity contribution in [3.63, 3.8) is 0 Å². The first-order valence-electron chi connectivity index (χ1n) is 5.98. The molecule has 4 heteroatoms. The lowest BCUT2D eigenvalue weighted by Gasteiger charge is -2.26. The summed E-state index contributed by atoms with van der Waals surface area (Å²) >= 11 is 0. The maximum absolute atomic E-state index is 11.5. The number of hydrogen-bond donors (Lipinski definition) is 1. The summed E-state index contributed by atoms with van der Waals surface area (Å²) in [4.78, 5) is 11.5. The Hall–Kier alpha value is -1.50. The Bertz CT molecular complexity index is 337. The van der Waals surface area contributed by atoms with E-state index in [1.54, 1.807) is 6.08 Å². The molecule has 0 spiro atoms. The minimum absolute atomic E-state index is 0.167. The van der Waals surface area contributed by atoms with Crippen LogP contribution in [0, 0.1) is 11.3 Å². The standard InChI is InChI=1S/C13H20N2O2/c1-13(2,3)17-12(16)15-11-6-4-10(5-7-11)8-9-14/h8,11H,4-7H2,1-3H3,(H,15,16). The van der Waals surface area contributed by atoms with Crippen LogP contribution >= 0.6 is 0 Å². The predicted molar refractivity (Wildman–Crippen MR) is 65.3 cm³/mol. The Morgan fingerprint density at radius 1 is 1.47 bits per heavy atom. The van der Waals surface area contributed by atoms with Crippen LogP contribution in [0.4, 0.5) is 4.79 Å². The zero-order valence-corrected chi connectivity index (χ0v) is 10.7. The molecule has 0 heterocycles. The molecule has 94 valence electrons. The van der Waals surface area contributed by atoms with Gasteiger partial charge in [-0.2, -0.15) is 5.26 Å². The van der Waals surface area contributed by atoms with E-state index in [0.717, 1.165) is 25.7 Å². The zero-order valence-electron chi connectivity index (χ0n) is 10.7. The fourth-order valence-electron chi connectivity index (χ4n) is 1.84. The van der Waals surface area contributed by atoms with E-state index in [2.05, 4.69) is 11.4 Å². The summed E-state index contributed by atoms with van der Waals surface area (Å²) in [6, 6.07) is 2.22. The summed E-state index contributed by atoms with van der Waals surface area (Å²) < 4.78 is 5.20. The molecule has 0 aromatic heterocycles. The number of nitrogens with one attached hydrogen (secondary N) is 1. The van der Waals surface area contributed by atoms with Crippen LogP contribution in [0.5, 0.6) is 0 Å². The minimum Gasteiger partial charge on any atom is -0.444 e. The lowest BCUT2D eigenvalue weighted by molar-refractivity contribution is 0.0496. The molecule has 1 aliphatic rings. The average molecular weight is 236 g/mol. The summed E-state index contributed by atoms with van der Waals surface area (Å²) in [6.07, 6.45) is 4.79. The number of ether oxygens (including phenoxy) is 1. The number of rotatable bonds is 1. The number of amides is 1. The molecular weight excluding hydrogens is 216 g/mol. The Kier molecular flexibility index (Phi) is 4.56. The third-order valence-corrected chi connectivity index (χ3v) is 2.62. The van der Waals surface area contributed by atoms with Crippen LogP contribution < -0.4 is 5.32 Å². The second kappa shape index (κ2) is 5.72. The number of nitrogens with zero attached hydrogens (tertiary/aromatic N) is 1. The molecule has 0 radical (unpaired) electrons. The van der Waals surface area contributed by atoms with Gasteiger partial charge in [0.1, 0.15) is 5.60 Å². The molecule has 1 fully saturated rings. The number of hydrogen-bond acceptors (Lipinski definition) is 3. The molecule has 0 aromatic rings. The van der Waals surface area contributed by atoms with E-state index in [0.29, 0.717) is 0 Å². The monoisotopic (exact) mass is 236 g/mol. The number of allylic oxidation sites excluding steroid dienone is 2. The number of carbonyl (C=O) groups is 1. The topological polar surface area (TPSA) is 62.1 Å². The van der Waals surface area contributed by atoms with Gasteiger partial charge in [-0.05, 0) is 46.5 Å². The molecule has 1 saturated carbocycles. The maximum Gasteiger partial charge on any atom is 0.407 e. The molecule has 0 bridgehead atoms. The first-order valence-corrected chi connectivity index (χ1v) is 5.98. The molecule has 4 nitrogen and oxygen atoms in total. The van der Waals surface area contributed by atoms with E-state index in [1.807, 2.05) is 20.8 Å².